The van der Waals surface area contributed by atoms with Gasteiger partial charge in [-0.15, -0.1) is 0 Å². The maximum atomic E-state index is 12.2. The van der Waals surface area contributed by atoms with E-state index in [2.05, 4.69) is 4.74 Å². The van der Waals surface area contributed by atoms with Crippen LogP contribution in [0.4, 0.5) is 0 Å². The summed E-state index contributed by atoms with van der Waals surface area (Å²) in [7, 11) is 0. The zero-order chi connectivity index (χ0) is 14.0. The number of rotatable bonds is 3. The highest BCUT2D eigenvalue weighted by atomic mass is 16.5. The Labute approximate surface area is 110 Å². The monoisotopic (exact) mass is 262 g/mol. The van der Waals surface area contributed by atoms with Crippen molar-refractivity contribution < 1.29 is 19.1 Å². The van der Waals surface area contributed by atoms with E-state index in [9.17, 15) is 14.4 Å². The lowest BCUT2D eigenvalue weighted by Crippen LogP contribution is -2.44. The molecule has 1 aliphatic heterocycles. The molecule has 0 spiro atoms. The van der Waals surface area contributed by atoms with Gasteiger partial charge in [-0.3, -0.25) is 14.5 Å². The molecule has 19 heavy (non-hydrogen) atoms. The van der Waals surface area contributed by atoms with Crippen molar-refractivity contribution in [1.29, 1.82) is 5.26 Å². The van der Waals surface area contributed by atoms with Crippen molar-refractivity contribution in [2.75, 3.05) is 6.61 Å². The van der Waals surface area contributed by atoms with Crippen LogP contribution in [-0.4, -0.2) is 35.3 Å². The van der Waals surface area contributed by atoms with E-state index in [1.165, 1.54) is 6.92 Å². The lowest BCUT2D eigenvalue weighted by atomic mass is 9.85. The number of esters is 1. The van der Waals surface area contributed by atoms with Crippen LogP contribution in [0.15, 0.2) is 12.2 Å². The van der Waals surface area contributed by atoms with E-state index in [1.54, 1.807) is 6.07 Å². The second kappa shape index (κ2) is 5.22. The first kappa shape index (κ1) is 13.3. The number of hydrogen-bond donors (Lipinski definition) is 0. The summed E-state index contributed by atoms with van der Waals surface area (Å²) in [6.07, 6.45) is 4.83. The molecule has 2 aliphatic rings. The molecule has 1 heterocycles. The van der Waals surface area contributed by atoms with Crippen LogP contribution in [0.1, 0.15) is 19.8 Å². The van der Waals surface area contributed by atoms with E-state index < -0.39 is 12.0 Å². The van der Waals surface area contributed by atoms with Gasteiger partial charge in [0, 0.05) is 0 Å². The Kier molecular flexibility index (Phi) is 3.65. The van der Waals surface area contributed by atoms with Crippen molar-refractivity contribution in [1.82, 2.24) is 4.90 Å². The van der Waals surface area contributed by atoms with Crippen LogP contribution in [-0.2, 0) is 19.1 Å². The topological polar surface area (TPSA) is 87.5 Å². The number of carbonyl (C=O) groups excluding carboxylic acids is 3. The Morgan fingerprint density at radius 1 is 1.42 bits per heavy atom. The van der Waals surface area contributed by atoms with Gasteiger partial charge in [-0.05, 0) is 19.8 Å². The molecule has 0 N–H and O–H groups in total. The number of fused-ring (bicyclic) bond motifs is 1. The first-order chi connectivity index (χ1) is 9.07. The molecule has 2 rings (SSSR count). The standard InChI is InChI=1S/C13H14N2O4/c1-8(13(18)19-7-6-14)15-11(16)9-4-2-3-5-10(9)12(15)17/h2-3,8-10H,4-5,7H2,1H3/t8-,9+,10+/m0/s1. The zero-order valence-electron chi connectivity index (χ0n) is 10.5. The molecule has 0 saturated carbocycles. The summed E-state index contributed by atoms with van der Waals surface area (Å²) in [5.74, 6) is -2.08. The van der Waals surface area contributed by atoms with Gasteiger partial charge in [0.1, 0.15) is 12.1 Å². The van der Waals surface area contributed by atoms with Crippen LogP contribution < -0.4 is 0 Å². The van der Waals surface area contributed by atoms with Crippen molar-refractivity contribution in [3.05, 3.63) is 12.2 Å². The number of ether oxygens (including phenoxy) is 1. The molecule has 0 aromatic rings. The third-order valence-corrected chi connectivity index (χ3v) is 3.55. The number of nitriles is 1. The Morgan fingerprint density at radius 3 is 2.42 bits per heavy atom. The lowest BCUT2D eigenvalue weighted by molar-refractivity contribution is -0.157. The van der Waals surface area contributed by atoms with Gasteiger partial charge in [0.05, 0.1) is 11.8 Å². The molecule has 1 fully saturated rings. The van der Waals surface area contributed by atoms with E-state index in [-0.39, 0.29) is 30.3 Å². The van der Waals surface area contributed by atoms with Gasteiger partial charge in [0.15, 0.2) is 6.61 Å². The number of likely N-dealkylation sites (tertiary alicyclic amines) is 1. The van der Waals surface area contributed by atoms with Crippen LogP contribution >= 0.6 is 0 Å². The molecule has 0 aromatic heterocycles. The molecule has 1 aliphatic carbocycles. The van der Waals surface area contributed by atoms with Crippen LogP contribution in [0.25, 0.3) is 0 Å². The third-order valence-electron chi connectivity index (χ3n) is 3.55. The molecule has 6 heteroatoms. The Morgan fingerprint density at radius 2 is 1.95 bits per heavy atom. The normalized spacial score (nSPS) is 26.8. The van der Waals surface area contributed by atoms with E-state index >= 15 is 0 Å². The maximum absolute atomic E-state index is 12.2. The largest absolute Gasteiger partial charge is 0.449 e. The summed E-state index contributed by atoms with van der Waals surface area (Å²) < 4.78 is 4.65. The van der Waals surface area contributed by atoms with Gasteiger partial charge >= 0.3 is 5.97 Å². The van der Waals surface area contributed by atoms with Crippen molar-refractivity contribution in [2.24, 2.45) is 11.8 Å². The van der Waals surface area contributed by atoms with E-state index in [4.69, 9.17) is 5.26 Å². The lowest BCUT2D eigenvalue weighted by Gasteiger charge is -2.20. The number of imide groups is 1. The Balaban J connectivity index is 2.13. The minimum absolute atomic E-state index is 0.319. The van der Waals surface area contributed by atoms with Gasteiger partial charge in [-0.25, -0.2) is 4.79 Å². The predicted octanol–water partition coefficient (Wildman–Crippen LogP) is 0.393. The van der Waals surface area contributed by atoms with Crippen molar-refractivity contribution in [2.45, 2.75) is 25.8 Å². The van der Waals surface area contributed by atoms with Gasteiger partial charge in [0.2, 0.25) is 11.8 Å². The van der Waals surface area contributed by atoms with Crippen LogP contribution in [0.3, 0.4) is 0 Å². The van der Waals surface area contributed by atoms with Gasteiger partial charge in [-0.2, -0.15) is 5.26 Å². The van der Waals surface area contributed by atoms with E-state index in [1.807, 2.05) is 12.2 Å². The molecule has 6 nitrogen and oxygen atoms in total. The van der Waals surface area contributed by atoms with Crippen molar-refractivity contribution >= 4 is 17.8 Å². The van der Waals surface area contributed by atoms with Gasteiger partial charge in [-0.1, -0.05) is 12.2 Å². The molecule has 0 radical (unpaired) electrons. The summed E-state index contributed by atoms with van der Waals surface area (Å²) in [6, 6.07) is 0.702. The number of nitrogens with zero attached hydrogens (tertiary/aromatic N) is 2. The minimum atomic E-state index is -0.973. The third kappa shape index (κ3) is 2.24. The zero-order valence-corrected chi connectivity index (χ0v) is 10.5. The number of allylic oxidation sites excluding steroid dienone is 2. The van der Waals surface area contributed by atoms with Gasteiger partial charge < -0.3 is 4.74 Å². The molecule has 0 bridgehead atoms. The average Bonchev–Trinajstić information content (AvgIpc) is 2.68. The molecule has 3 atom stereocenters. The number of amides is 2. The van der Waals surface area contributed by atoms with Crippen LogP contribution in [0.2, 0.25) is 0 Å². The van der Waals surface area contributed by atoms with Gasteiger partial charge in [0.25, 0.3) is 0 Å². The minimum Gasteiger partial charge on any atom is -0.449 e. The SMILES string of the molecule is C[C@@H](C(=O)OCC#N)N1C(=O)[C@@H]2CC=CC[C@H]2C1=O. The van der Waals surface area contributed by atoms with E-state index in [0.717, 1.165) is 4.90 Å². The van der Waals surface area contributed by atoms with Crippen molar-refractivity contribution in [3.63, 3.8) is 0 Å². The van der Waals surface area contributed by atoms with Crippen molar-refractivity contribution in [3.8, 4) is 6.07 Å². The quantitative estimate of drug-likeness (QED) is 0.417. The summed E-state index contributed by atoms with van der Waals surface area (Å²) in [4.78, 5) is 37.0. The Hall–Kier alpha value is -2.16. The Bertz CT molecular complexity index is 465. The van der Waals surface area contributed by atoms with E-state index in [0.29, 0.717) is 12.8 Å². The number of hydrogen-bond acceptors (Lipinski definition) is 5. The van der Waals surface area contributed by atoms with Crippen LogP contribution in [0.5, 0.6) is 0 Å². The molecule has 0 aromatic carbocycles. The molecule has 100 valence electrons. The highest BCUT2D eigenvalue weighted by molar-refractivity contribution is 6.08. The molecular weight excluding hydrogens is 248 g/mol. The highest BCUT2D eigenvalue weighted by Gasteiger charge is 2.50. The fourth-order valence-electron chi connectivity index (χ4n) is 2.54. The predicted molar refractivity (Wildman–Crippen MR) is 63.2 cm³/mol. The summed E-state index contributed by atoms with van der Waals surface area (Å²) >= 11 is 0. The summed E-state index contributed by atoms with van der Waals surface area (Å²) in [5.41, 5.74) is 0. The highest BCUT2D eigenvalue weighted by Crippen LogP contribution is 2.36. The smallest absolute Gasteiger partial charge is 0.330 e. The van der Waals surface area contributed by atoms with Crippen LogP contribution in [0, 0.1) is 23.2 Å². The molecule has 1 saturated heterocycles. The fraction of sp³-hybridized carbons (Fsp3) is 0.538. The summed E-state index contributed by atoms with van der Waals surface area (Å²) in [5, 5.41) is 8.35. The average molecular weight is 262 g/mol. The number of carbonyl (C=O) groups is 3. The first-order valence-corrected chi connectivity index (χ1v) is 6.13. The molecule has 2 amide bonds. The molecule has 0 unspecified atom stereocenters. The second-order valence-electron chi connectivity index (χ2n) is 4.64. The molecular formula is C13H14N2O4. The first-order valence-electron chi connectivity index (χ1n) is 6.13. The fourth-order valence-corrected chi connectivity index (χ4v) is 2.54. The second-order valence-corrected chi connectivity index (χ2v) is 4.64. The maximum Gasteiger partial charge on any atom is 0.330 e. The summed E-state index contributed by atoms with van der Waals surface area (Å²) in [6.45, 7) is 1.06.